The van der Waals surface area contributed by atoms with Crippen LogP contribution in [-0.4, -0.2) is 54.5 Å². The van der Waals surface area contributed by atoms with Crippen molar-refractivity contribution in [1.82, 2.24) is 9.97 Å². The predicted molar refractivity (Wildman–Crippen MR) is 141 cm³/mol. The van der Waals surface area contributed by atoms with E-state index in [0.29, 0.717) is 46.8 Å². The summed E-state index contributed by atoms with van der Waals surface area (Å²) in [5.74, 6) is -4.42. The van der Waals surface area contributed by atoms with Crippen molar-refractivity contribution in [2.75, 3.05) is 38.1 Å². The fraction of sp³-hybridized carbons (Fsp3) is 0.464. The summed E-state index contributed by atoms with van der Waals surface area (Å²) in [6.07, 6.45) is 0.304. The normalized spacial score (nSPS) is 18.5. The van der Waals surface area contributed by atoms with E-state index in [2.05, 4.69) is 15.3 Å². The summed E-state index contributed by atoms with van der Waals surface area (Å²) in [6, 6.07) is 6.45. The van der Waals surface area contributed by atoms with E-state index in [0.717, 1.165) is 19.9 Å². The molecule has 4 rings (SSSR count). The molecule has 0 fully saturated rings. The summed E-state index contributed by atoms with van der Waals surface area (Å²) in [5.41, 5.74) is -2.84. The van der Waals surface area contributed by atoms with Gasteiger partial charge in [-0.3, -0.25) is 4.79 Å². The van der Waals surface area contributed by atoms with Crippen LogP contribution in [0.4, 0.5) is 24.7 Å². The molecular formula is C28H33F3N4O4. The van der Waals surface area contributed by atoms with Gasteiger partial charge in [-0.15, -0.1) is 0 Å². The Labute approximate surface area is 225 Å². The lowest BCUT2D eigenvalue weighted by Crippen LogP contribution is -2.41. The number of carbonyl (C=O) groups excluding carboxylic acids is 1. The smallest absolute Gasteiger partial charge is 0.303 e. The Morgan fingerprint density at radius 1 is 1.21 bits per heavy atom. The predicted octanol–water partition coefficient (Wildman–Crippen LogP) is 4.97. The maximum atomic E-state index is 15.4. The van der Waals surface area contributed by atoms with Gasteiger partial charge in [-0.05, 0) is 45.9 Å². The van der Waals surface area contributed by atoms with Crippen LogP contribution in [0.5, 0.6) is 0 Å². The second-order valence-electron chi connectivity index (χ2n) is 10.4. The number of alkyl halides is 2. The van der Waals surface area contributed by atoms with E-state index >= 15 is 4.39 Å². The van der Waals surface area contributed by atoms with Gasteiger partial charge in [0.25, 0.3) is 5.91 Å². The van der Waals surface area contributed by atoms with Crippen LogP contribution in [0, 0.1) is 12.7 Å². The molecule has 1 unspecified atom stereocenters. The Balaban J connectivity index is 1.80. The van der Waals surface area contributed by atoms with E-state index in [-0.39, 0.29) is 11.5 Å². The van der Waals surface area contributed by atoms with Gasteiger partial charge in [0.05, 0.1) is 22.8 Å². The fourth-order valence-electron chi connectivity index (χ4n) is 5.01. The Hall–Kier alpha value is -3.28. The molecule has 0 bridgehead atoms. The average Bonchev–Trinajstić information content (AvgIpc) is 3.06. The molecule has 2 N–H and O–H groups in total. The lowest BCUT2D eigenvalue weighted by molar-refractivity contribution is -0.170. The number of hydrogen-bond acceptors (Lipinski definition) is 7. The number of likely N-dealkylation sites (N-methyl/N-ethyl adjacent to an activating group) is 1. The zero-order chi connectivity index (χ0) is 28.9. The number of benzene rings is 2. The van der Waals surface area contributed by atoms with Crippen molar-refractivity contribution in [3.63, 3.8) is 0 Å². The van der Waals surface area contributed by atoms with Gasteiger partial charge in [-0.25, -0.2) is 14.4 Å². The molecule has 2 heterocycles. The Morgan fingerprint density at radius 2 is 1.90 bits per heavy atom. The molecule has 0 aliphatic carbocycles. The molecular weight excluding hydrogens is 513 g/mol. The van der Waals surface area contributed by atoms with Crippen molar-refractivity contribution < 1.29 is 32.5 Å². The van der Waals surface area contributed by atoms with Crippen LogP contribution in [0.2, 0.25) is 0 Å². The minimum atomic E-state index is -3.82. The van der Waals surface area contributed by atoms with E-state index in [1.165, 1.54) is 24.1 Å². The molecule has 0 saturated carbocycles. The van der Waals surface area contributed by atoms with Gasteiger partial charge < -0.3 is 24.8 Å². The molecule has 1 aliphatic rings. The number of ether oxygens (including phenoxy) is 2. The number of fused-ring (bicyclic) bond motifs is 2. The molecule has 1 aromatic heterocycles. The summed E-state index contributed by atoms with van der Waals surface area (Å²) in [5, 5.41) is 13.7. The van der Waals surface area contributed by atoms with Gasteiger partial charge in [0.2, 0.25) is 0 Å². The number of rotatable bonds is 9. The zero-order valence-corrected chi connectivity index (χ0v) is 23.0. The van der Waals surface area contributed by atoms with Crippen LogP contribution >= 0.6 is 0 Å². The number of aliphatic hydroxyl groups is 1. The van der Waals surface area contributed by atoms with E-state index in [1.807, 2.05) is 0 Å². The Kier molecular flexibility index (Phi) is 7.39. The first-order chi connectivity index (χ1) is 18.2. The minimum absolute atomic E-state index is 0.0211. The Bertz CT molecular complexity index is 1430. The van der Waals surface area contributed by atoms with Crippen molar-refractivity contribution in [2.45, 2.75) is 57.3 Å². The van der Waals surface area contributed by atoms with Crippen molar-refractivity contribution in [1.29, 1.82) is 0 Å². The van der Waals surface area contributed by atoms with Crippen molar-refractivity contribution in [2.24, 2.45) is 0 Å². The highest BCUT2D eigenvalue weighted by Gasteiger charge is 2.51. The second-order valence-corrected chi connectivity index (χ2v) is 10.4. The molecule has 0 spiro atoms. The van der Waals surface area contributed by atoms with Crippen LogP contribution in [0.15, 0.2) is 30.3 Å². The zero-order valence-electron chi connectivity index (χ0n) is 23.0. The molecule has 210 valence electrons. The average molecular weight is 547 g/mol. The number of halogens is 3. The molecule has 2 atom stereocenters. The summed E-state index contributed by atoms with van der Waals surface area (Å²) in [6.45, 7) is 5.49. The van der Waals surface area contributed by atoms with E-state index in [9.17, 15) is 18.7 Å². The third-order valence-corrected chi connectivity index (χ3v) is 7.33. The number of aryl methyl sites for hydroxylation is 1. The highest BCUT2D eigenvalue weighted by molar-refractivity contribution is 6.09. The van der Waals surface area contributed by atoms with Crippen molar-refractivity contribution >= 4 is 28.3 Å². The highest BCUT2D eigenvalue weighted by atomic mass is 19.3. The first kappa shape index (κ1) is 28.7. The van der Waals surface area contributed by atoms with Crippen LogP contribution in [-0.2, 0) is 25.8 Å². The van der Waals surface area contributed by atoms with E-state index < -0.39 is 34.5 Å². The summed E-state index contributed by atoms with van der Waals surface area (Å²) in [4.78, 5) is 23.9. The lowest BCUT2D eigenvalue weighted by atomic mass is 9.90. The number of nitrogens with zero attached hydrogens (tertiary/aromatic N) is 3. The first-order valence-electron chi connectivity index (χ1n) is 12.5. The van der Waals surface area contributed by atoms with Crippen LogP contribution in [0.3, 0.4) is 0 Å². The molecule has 2 aromatic carbocycles. The summed E-state index contributed by atoms with van der Waals surface area (Å²) in [7, 11) is 4.67. The minimum Gasteiger partial charge on any atom is -0.385 e. The van der Waals surface area contributed by atoms with Crippen molar-refractivity contribution in [3.05, 3.63) is 58.7 Å². The lowest BCUT2D eigenvalue weighted by Gasteiger charge is -2.30. The first-order valence-corrected chi connectivity index (χ1v) is 12.5. The largest absolute Gasteiger partial charge is 0.385 e. The van der Waals surface area contributed by atoms with Crippen LogP contribution < -0.4 is 10.2 Å². The van der Waals surface area contributed by atoms with Crippen LogP contribution in [0.25, 0.3) is 10.9 Å². The summed E-state index contributed by atoms with van der Waals surface area (Å²) < 4.78 is 56.1. The van der Waals surface area contributed by atoms with Gasteiger partial charge in [0.15, 0.2) is 5.60 Å². The second kappa shape index (κ2) is 10.0. The van der Waals surface area contributed by atoms with Gasteiger partial charge >= 0.3 is 5.92 Å². The topological polar surface area (TPSA) is 96.8 Å². The molecule has 11 heteroatoms. The van der Waals surface area contributed by atoms with Gasteiger partial charge in [0, 0.05) is 50.8 Å². The summed E-state index contributed by atoms with van der Waals surface area (Å²) >= 11 is 0. The fourth-order valence-corrected chi connectivity index (χ4v) is 5.01. The Morgan fingerprint density at radius 3 is 2.51 bits per heavy atom. The molecule has 1 aliphatic heterocycles. The number of nitrogens with one attached hydrogen (secondary N) is 1. The number of carbonyl (C=O) groups is 1. The third-order valence-electron chi connectivity index (χ3n) is 7.33. The molecule has 39 heavy (non-hydrogen) atoms. The van der Waals surface area contributed by atoms with Gasteiger partial charge in [0.1, 0.15) is 23.1 Å². The van der Waals surface area contributed by atoms with Gasteiger partial charge in [-0.2, -0.15) is 8.78 Å². The number of methoxy groups -OCH3 is 2. The number of anilines is 2. The monoisotopic (exact) mass is 546 g/mol. The molecule has 0 saturated heterocycles. The molecule has 1 amide bonds. The van der Waals surface area contributed by atoms with Gasteiger partial charge in [-0.1, -0.05) is 12.1 Å². The molecule has 0 radical (unpaired) electrons. The SMILES string of the molecule is COCC[C@@]1(OC)C(=O)N(C)c2cc3c(NC(C)c4cccc(C(F)(F)C(C)(C)O)c4F)nc(C)nc3cc21. The number of aromatic nitrogens is 2. The molecule has 8 nitrogen and oxygen atoms in total. The maximum absolute atomic E-state index is 15.4. The highest BCUT2D eigenvalue weighted by Crippen LogP contribution is 2.47. The maximum Gasteiger partial charge on any atom is 0.303 e. The number of hydrogen-bond donors (Lipinski definition) is 2. The number of amides is 1. The standard InChI is InChI=1S/C28H33F3N4O4/c1-15(17-9-8-10-19(23(17)29)28(30,31)26(3,4)37)32-24-18-13-22-20(14-21(18)33-16(2)34-24)27(39-7,11-12-38-6)25(36)35(22)5/h8-10,13-15,37H,11-12H2,1-7H3,(H,32,33,34)/t15?,27-/m0/s1. The van der Waals surface area contributed by atoms with Crippen LogP contribution in [0.1, 0.15) is 55.7 Å². The van der Waals surface area contributed by atoms with Crippen molar-refractivity contribution in [3.8, 4) is 0 Å². The quantitative estimate of drug-likeness (QED) is 0.391. The van der Waals surface area contributed by atoms with E-state index in [1.54, 1.807) is 40.1 Å². The van der Waals surface area contributed by atoms with E-state index in [4.69, 9.17) is 9.47 Å². The molecule has 3 aromatic rings. The third kappa shape index (κ3) is 4.62.